The standard InChI is InChI=1S/C11H23N.C2H6/c1-6-8-10(3)9-12(5)11(4)7-2;1-2/h10H,4,6-9H2,1-3,5H3;1-2H3. The Bertz CT molecular complexity index is 129. The molecule has 0 aliphatic rings. The highest BCUT2D eigenvalue weighted by atomic mass is 15.1. The molecule has 0 saturated heterocycles. The molecular formula is C13H29N. The average molecular weight is 199 g/mol. The van der Waals surface area contributed by atoms with Crippen LogP contribution in [0.15, 0.2) is 12.3 Å². The minimum absolute atomic E-state index is 0.795. The highest BCUT2D eigenvalue weighted by Gasteiger charge is 2.05. The monoisotopic (exact) mass is 199 g/mol. The van der Waals surface area contributed by atoms with Crippen molar-refractivity contribution in [2.75, 3.05) is 13.6 Å². The van der Waals surface area contributed by atoms with Crippen molar-refractivity contribution in [2.45, 2.75) is 53.9 Å². The Hall–Kier alpha value is -0.460. The summed E-state index contributed by atoms with van der Waals surface area (Å²) >= 11 is 0. The van der Waals surface area contributed by atoms with Gasteiger partial charge in [-0.25, -0.2) is 0 Å². The van der Waals surface area contributed by atoms with E-state index in [1.807, 2.05) is 13.8 Å². The first kappa shape index (κ1) is 16.0. The van der Waals surface area contributed by atoms with E-state index in [1.54, 1.807) is 0 Å². The van der Waals surface area contributed by atoms with Crippen molar-refractivity contribution < 1.29 is 0 Å². The second-order valence-electron chi connectivity index (χ2n) is 3.69. The van der Waals surface area contributed by atoms with Gasteiger partial charge >= 0.3 is 0 Å². The van der Waals surface area contributed by atoms with E-state index in [9.17, 15) is 0 Å². The van der Waals surface area contributed by atoms with Crippen LogP contribution in [0.4, 0.5) is 0 Å². The van der Waals surface area contributed by atoms with Gasteiger partial charge in [-0.2, -0.15) is 0 Å². The highest BCUT2D eigenvalue weighted by molar-refractivity contribution is 4.90. The van der Waals surface area contributed by atoms with Crippen LogP contribution < -0.4 is 0 Å². The molecule has 1 nitrogen and oxygen atoms in total. The molecule has 1 heteroatoms. The lowest BCUT2D eigenvalue weighted by atomic mass is 10.1. The zero-order valence-electron chi connectivity index (χ0n) is 11.1. The molecule has 86 valence electrons. The Morgan fingerprint density at radius 3 is 2.14 bits per heavy atom. The fourth-order valence-electron chi connectivity index (χ4n) is 1.45. The Kier molecular flexibility index (Phi) is 12.1. The zero-order valence-corrected chi connectivity index (χ0v) is 11.1. The van der Waals surface area contributed by atoms with Gasteiger partial charge in [-0.1, -0.05) is 47.6 Å². The van der Waals surface area contributed by atoms with E-state index >= 15 is 0 Å². The van der Waals surface area contributed by atoms with Crippen molar-refractivity contribution in [3.63, 3.8) is 0 Å². The molecule has 0 aliphatic heterocycles. The minimum atomic E-state index is 0.795. The minimum Gasteiger partial charge on any atom is -0.378 e. The van der Waals surface area contributed by atoms with Crippen molar-refractivity contribution in [3.8, 4) is 0 Å². The van der Waals surface area contributed by atoms with Crippen LogP contribution in [-0.2, 0) is 0 Å². The molecule has 14 heavy (non-hydrogen) atoms. The van der Waals surface area contributed by atoms with Crippen LogP contribution >= 0.6 is 0 Å². The molecule has 0 amide bonds. The maximum atomic E-state index is 4.01. The van der Waals surface area contributed by atoms with Crippen LogP contribution in [0.3, 0.4) is 0 Å². The third kappa shape index (κ3) is 8.15. The van der Waals surface area contributed by atoms with Crippen molar-refractivity contribution >= 4 is 0 Å². The molecule has 0 aliphatic carbocycles. The third-order valence-corrected chi connectivity index (χ3v) is 2.31. The normalized spacial score (nSPS) is 11.3. The zero-order chi connectivity index (χ0) is 11.6. The molecule has 0 fully saturated rings. The van der Waals surface area contributed by atoms with Crippen molar-refractivity contribution in [1.82, 2.24) is 4.90 Å². The average Bonchev–Trinajstić information content (AvgIpc) is 2.19. The molecule has 0 bridgehead atoms. The third-order valence-electron chi connectivity index (χ3n) is 2.31. The molecule has 1 unspecified atom stereocenters. The van der Waals surface area contributed by atoms with Gasteiger partial charge < -0.3 is 4.90 Å². The van der Waals surface area contributed by atoms with Gasteiger partial charge in [0.25, 0.3) is 0 Å². The fourth-order valence-corrected chi connectivity index (χ4v) is 1.45. The lowest BCUT2D eigenvalue weighted by Crippen LogP contribution is -2.23. The summed E-state index contributed by atoms with van der Waals surface area (Å²) in [5, 5.41) is 0. The lowest BCUT2D eigenvalue weighted by Gasteiger charge is -2.24. The smallest absolute Gasteiger partial charge is 0.0197 e. The number of allylic oxidation sites excluding steroid dienone is 1. The van der Waals surface area contributed by atoms with Crippen LogP contribution in [0, 0.1) is 5.92 Å². The van der Waals surface area contributed by atoms with Gasteiger partial charge in [-0.05, 0) is 18.8 Å². The van der Waals surface area contributed by atoms with E-state index in [1.165, 1.54) is 18.5 Å². The Labute approximate surface area is 91.2 Å². The van der Waals surface area contributed by atoms with E-state index in [-0.39, 0.29) is 0 Å². The quantitative estimate of drug-likeness (QED) is 0.616. The van der Waals surface area contributed by atoms with Crippen molar-refractivity contribution in [2.24, 2.45) is 5.92 Å². The van der Waals surface area contributed by atoms with Gasteiger partial charge in [0.15, 0.2) is 0 Å². The van der Waals surface area contributed by atoms with Gasteiger partial charge in [0.1, 0.15) is 0 Å². The second-order valence-corrected chi connectivity index (χ2v) is 3.69. The van der Waals surface area contributed by atoms with E-state index in [2.05, 4.69) is 39.3 Å². The summed E-state index contributed by atoms with van der Waals surface area (Å²) in [6, 6.07) is 0. The first-order chi connectivity index (χ1) is 6.61. The molecule has 0 heterocycles. The molecule has 0 aromatic heterocycles. The molecule has 0 aromatic rings. The first-order valence-corrected chi connectivity index (χ1v) is 6.00. The second kappa shape index (κ2) is 10.6. The Morgan fingerprint density at radius 2 is 1.79 bits per heavy atom. The SMILES string of the molecule is C=C(CC)N(C)CC(C)CCC.CC. The molecule has 0 spiro atoms. The summed E-state index contributed by atoms with van der Waals surface area (Å²) in [5.41, 5.74) is 1.25. The van der Waals surface area contributed by atoms with Gasteiger partial charge in [-0.15, -0.1) is 0 Å². The summed E-state index contributed by atoms with van der Waals surface area (Å²) in [6.07, 6.45) is 3.67. The van der Waals surface area contributed by atoms with E-state index < -0.39 is 0 Å². The van der Waals surface area contributed by atoms with Crippen LogP contribution in [-0.4, -0.2) is 18.5 Å². The lowest BCUT2D eigenvalue weighted by molar-refractivity contribution is 0.328. The highest BCUT2D eigenvalue weighted by Crippen LogP contribution is 2.10. The maximum Gasteiger partial charge on any atom is 0.0197 e. The van der Waals surface area contributed by atoms with E-state index in [4.69, 9.17) is 0 Å². The summed E-state index contributed by atoms with van der Waals surface area (Å²) in [5.74, 6) is 0.795. The number of nitrogens with zero attached hydrogens (tertiary/aromatic N) is 1. The molecule has 0 radical (unpaired) electrons. The molecule has 0 N–H and O–H groups in total. The number of rotatable bonds is 6. The van der Waals surface area contributed by atoms with Crippen molar-refractivity contribution in [1.29, 1.82) is 0 Å². The summed E-state index contributed by atoms with van der Waals surface area (Å²) < 4.78 is 0. The van der Waals surface area contributed by atoms with E-state index in [0.29, 0.717) is 0 Å². The molecular weight excluding hydrogens is 170 g/mol. The summed E-state index contributed by atoms with van der Waals surface area (Å²) in [6.45, 7) is 15.9. The molecule has 0 aromatic carbocycles. The Morgan fingerprint density at radius 1 is 1.29 bits per heavy atom. The van der Waals surface area contributed by atoms with Crippen LogP contribution in [0.2, 0.25) is 0 Å². The van der Waals surface area contributed by atoms with Crippen LogP contribution in [0.1, 0.15) is 53.9 Å². The van der Waals surface area contributed by atoms with Crippen molar-refractivity contribution in [3.05, 3.63) is 12.3 Å². The van der Waals surface area contributed by atoms with Crippen LogP contribution in [0.5, 0.6) is 0 Å². The molecule has 0 saturated carbocycles. The molecule has 0 rings (SSSR count). The Balaban J connectivity index is 0. The van der Waals surface area contributed by atoms with Crippen LogP contribution in [0.25, 0.3) is 0 Å². The molecule has 1 atom stereocenters. The predicted molar refractivity (Wildman–Crippen MR) is 67.5 cm³/mol. The van der Waals surface area contributed by atoms with Gasteiger partial charge in [-0.3, -0.25) is 0 Å². The fraction of sp³-hybridized carbons (Fsp3) is 0.846. The van der Waals surface area contributed by atoms with Gasteiger partial charge in [0.2, 0.25) is 0 Å². The topological polar surface area (TPSA) is 3.24 Å². The van der Waals surface area contributed by atoms with Gasteiger partial charge in [0, 0.05) is 19.3 Å². The predicted octanol–water partition coefficient (Wildman–Crippen LogP) is 4.30. The summed E-state index contributed by atoms with van der Waals surface area (Å²) in [7, 11) is 2.14. The summed E-state index contributed by atoms with van der Waals surface area (Å²) in [4.78, 5) is 2.28. The maximum absolute atomic E-state index is 4.01. The number of hydrogen-bond donors (Lipinski definition) is 0. The van der Waals surface area contributed by atoms with Gasteiger partial charge in [0.05, 0.1) is 0 Å². The number of hydrogen-bond acceptors (Lipinski definition) is 1. The first-order valence-electron chi connectivity index (χ1n) is 6.00. The van der Waals surface area contributed by atoms with E-state index in [0.717, 1.165) is 18.9 Å². The largest absolute Gasteiger partial charge is 0.378 e.